The second-order valence-corrected chi connectivity index (χ2v) is 4.78. The Morgan fingerprint density at radius 1 is 1.18 bits per heavy atom. The predicted molar refractivity (Wildman–Crippen MR) is 64.7 cm³/mol. The summed E-state index contributed by atoms with van der Waals surface area (Å²) in [7, 11) is 1.51. The van der Waals surface area contributed by atoms with E-state index in [-0.39, 0.29) is 25.1 Å². The maximum atomic E-state index is 11.8. The van der Waals surface area contributed by atoms with Gasteiger partial charge in [0, 0.05) is 7.11 Å². The Hall–Kier alpha value is -0.610. The van der Waals surface area contributed by atoms with E-state index in [0.29, 0.717) is 0 Å². The fourth-order valence-corrected chi connectivity index (χ4v) is 2.23. The second kappa shape index (κ2) is 8.48. The van der Waals surface area contributed by atoms with Crippen LogP contribution in [0.1, 0.15) is 44.9 Å². The fraction of sp³-hybridized carbons (Fsp3) is 0.923. The van der Waals surface area contributed by atoms with Crippen LogP contribution in [-0.2, 0) is 14.3 Å². The maximum absolute atomic E-state index is 11.8. The molecule has 0 aromatic heterocycles. The Labute approximate surface area is 103 Å². The molecule has 0 radical (unpaired) electrons. The van der Waals surface area contributed by atoms with Crippen LogP contribution in [0.15, 0.2) is 0 Å². The molecule has 0 aromatic rings. The first-order chi connectivity index (χ1) is 8.24. The Balaban J connectivity index is 2.24. The Bertz CT molecular complexity index is 209. The van der Waals surface area contributed by atoms with Gasteiger partial charge >= 0.3 is 5.97 Å². The maximum Gasteiger partial charge on any atom is 0.309 e. The minimum absolute atomic E-state index is 0.0324. The van der Waals surface area contributed by atoms with Gasteiger partial charge in [-0.1, -0.05) is 32.1 Å². The zero-order chi connectivity index (χ0) is 12.5. The third-order valence-electron chi connectivity index (χ3n) is 3.22. The van der Waals surface area contributed by atoms with Gasteiger partial charge in [-0.3, -0.25) is 4.79 Å². The molecular formula is C13H24O4. The smallest absolute Gasteiger partial charge is 0.309 e. The SMILES string of the molecule is COCC(O)COC(=O)C1CCCCCCC1. The Morgan fingerprint density at radius 2 is 1.76 bits per heavy atom. The molecule has 1 unspecified atom stereocenters. The fourth-order valence-electron chi connectivity index (χ4n) is 2.23. The molecule has 1 atom stereocenters. The van der Waals surface area contributed by atoms with E-state index < -0.39 is 6.10 Å². The van der Waals surface area contributed by atoms with Crippen LogP contribution in [0.4, 0.5) is 0 Å². The number of hydrogen-bond donors (Lipinski definition) is 1. The van der Waals surface area contributed by atoms with Crippen molar-refractivity contribution in [2.45, 2.75) is 51.0 Å². The molecule has 0 amide bonds. The molecule has 0 bridgehead atoms. The summed E-state index contributed by atoms with van der Waals surface area (Å²) in [5.41, 5.74) is 0. The standard InChI is InChI=1S/C13H24O4/c1-16-9-12(14)10-17-13(15)11-7-5-3-2-4-6-8-11/h11-12,14H,2-10H2,1H3. The van der Waals surface area contributed by atoms with Crippen LogP contribution in [0, 0.1) is 5.92 Å². The lowest BCUT2D eigenvalue weighted by atomic mass is 9.91. The van der Waals surface area contributed by atoms with Crippen LogP contribution >= 0.6 is 0 Å². The van der Waals surface area contributed by atoms with Crippen molar-refractivity contribution in [2.75, 3.05) is 20.3 Å². The van der Waals surface area contributed by atoms with E-state index in [1.807, 2.05) is 0 Å². The van der Waals surface area contributed by atoms with Crippen LogP contribution in [-0.4, -0.2) is 37.5 Å². The Morgan fingerprint density at radius 3 is 2.35 bits per heavy atom. The number of carbonyl (C=O) groups is 1. The Kier molecular flexibility index (Phi) is 7.21. The summed E-state index contributed by atoms with van der Waals surface area (Å²) in [6, 6.07) is 0. The van der Waals surface area contributed by atoms with Crippen LogP contribution in [0.3, 0.4) is 0 Å². The summed E-state index contributed by atoms with van der Waals surface area (Å²) in [6.07, 6.45) is 7.09. The van der Waals surface area contributed by atoms with Crippen LogP contribution < -0.4 is 0 Å². The highest BCUT2D eigenvalue weighted by Gasteiger charge is 2.21. The first-order valence-electron chi connectivity index (χ1n) is 6.57. The van der Waals surface area contributed by atoms with Gasteiger partial charge in [0.2, 0.25) is 0 Å². The molecule has 1 aliphatic carbocycles. The topological polar surface area (TPSA) is 55.8 Å². The van der Waals surface area contributed by atoms with Gasteiger partial charge in [0.25, 0.3) is 0 Å². The van der Waals surface area contributed by atoms with E-state index in [1.165, 1.54) is 26.4 Å². The summed E-state index contributed by atoms with van der Waals surface area (Å²) in [5, 5.41) is 9.39. The number of carbonyl (C=O) groups excluding carboxylic acids is 1. The highest BCUT2D eigenvalue weighted by atomic mass is 16.5. The van der Waals surface area contributed by atoms with Gasteiger partial charge in [-0.2, -0.15) is 0 Å². The molecule has 0 heterocycles. The van der Waals surface area contributed by atoms with E-state index >= 15 is 0 Å². The van der Waals surface area contributed by atoms with Crippen molar-refractivity contribution in [1.82, 2.24) is 0 Å². The molecule has 1 fully saturated rings. The highest BCUT2D eigenvalue weighted by molar-refractivity contribution is 5.72. The molecule has 1 rings (SSSR count). The third kappa shape index (κ3) is 6.03. The highest BCUT2D eigenvalue weighted by Crippen LogP contribution is 2.23. The monoisotopic (exact) mass is 244 g/mol. The van der Waals surface area contributed by atoms with Crippen LogP contribution in [0.2, 0.25) is 0 Å². The third-order valence-corrected chi connectivity index (χ3v) is 3.22. The number of esters is 1. The van der Waals surface area contributed by atoms with Gasteiger partial charge < -0.3 is 14.6 Å². The summed E-state index contributed by atoms with van der Waals surface area (Å²) in [5.74, 6) is -0.118. The van der Waals surface area contributed by atoms with E-state index in [4.69, 9.17) is 9.47 Å². The van der Waals surface area contributed by atoms with Gasteiger partial charge in [-0.25, -0.2) is 0 Å². The van der Waals surface area contributed by atoms with Crippen LogP contribution in [0.5, 0.6) is 0 Å². The zero-order valence-corrected chi connectivity index (χ0v) is 10.7. The van der Waals surface area contributed by atoms with E-state index in [0.717, 1.165) is 25.7 Å². The van der Waals surface area contributed by atoms with Crippen molar-refractivity contribution in [3.8, 4) is 0 Å². The van der Waals surface area contributed by atoms with Gasteiger partial charge in [0.15, 0.2) is 0 Å². The van der Waals surface area contributed by atoms with Crippen molar-refractivity contribution in [3.63, 3.8) is 0 Å². The lowest BCUT2D eigenvalue weighted by Gasteiger charge is -2.19. The summed E-state index contributed by atoms with van der Waals surface area (Å²) in [6.45, 7) is 0.251. The van der Waals surface area contributed by atoms with Gasteiger partial charge in [-0.15, -0.1) is 0 Å². The molecule has 0 aromatic carbocycles. The zero-order valence-electron chi connectivity index (χ0n) is 10.7. The van der Waals surface area contributed by atoms with Gasteiger partial charge in [0.05, 0.1) is 12.5 Å². The molecule has 0 aliphatic heterocycles. The minimum atomic E-state index is -0.711. The van der Waals surface area contributed by atoms with E-state index in [9.17, 15) is 9.90 Å². The average Bonchev–Trinajstić information content (AvgIpc) is 2.26. The van der Waals surface area contributed by atoms with Crippen molar-refractivity contribution in [3.05, 3.63) is 0 Å². The summed E-state index contributed by atoms with van der Waals surface area (Å²) >= 11 is 0. The molecule has 0 spiro atoms. The molecule has 1 saturated carbocycles. The number of rotatable bonds is 5. The summed E-state index contributed by atoms with van der Waals surface area (Å²) in [4.78, 5) is 11.8. The molecule has 4 nitrogen and oxygen atoms in total. The molecule has 100 valence electrons. The van der Waals surface area contributed by atoms with Crippen molar-refractivity contribution in [2.24, 2.45) is 5.92 Å². The van der Waals surface area contributed by atoms with E-state index in [2.05, 4.69) is 0 Å². The van der Waals surface area contributed by atoms with Crippen molar-refractivity contribution < 1.29 is 19.4 Å². The lowest BCUT2D eigenvalue weighted by Crippen LogP contribution is -2.26. The summed E-state index contributed by atoms with van der Waals surface area (Å²) < 4.78 is 9.90. The van der Waals surface area contributed by atoms with Gasteiger partial charge in [0.1, 0.15) is 12.7 Å². The number of methoxy groups -OCH3 is 1. The molecule has 4 heteroatoms. The normalized spacial score (nSPS) is 20.4. The first kappa shape index (κ1) is 14.5. The molecule has 1 aliphatic rings. The number of aliphatic hydroxyl groups excluding tert-OH is 1. The number of hydrogen-bond acceptors (Lipinski definition) is 4. The molecule has 1 N–H and O–H groups in total. The minimum Gasteiger partial charge on any atom is -0.463 e. The molecule has 0 saturated heterocycles. The molecule has 17 heavy (non-hydrogen) atoms. The van der Waals surface area contributed by atoms with Gasteiger partial charge in [-0.05, 0) is 12.8 Å². The largest absolute Gasteiger partial charge is 0.463 e. The number of aliphatic hydroxyl groups is 1. The molecular weight excluding hydrogens is 220 g/mol. The quantitative estimate of drug-likeness (QED) is 0.750. The van der Waals surface area contributed by atoms with Crippen LogP contribution in [0.25, 0.3) is 0 Å². The number of ether oxygens (including phenoxy) is 2. The van der Waals surface area contributed by atoms with Crippen molar-refractivity contribution >= 4 is 5.97 Å². The first-order valence-corrected chi connectivity index (χ1v) is 6.57. The van der Waals surface area contributed by atoms with E-state index in [1.54, 1.807) is 0 Å². The lowest BCUT2D eigenvalue weighted by molar-refractivity contribution is -0.153. The van der Waals surface area contributed by atoms with Crippen molar-refractivity contribution in [1.29, 1.82) is 0 Å². The average molecular weight is 244 g/mol. The second-order valence-electron chi connectivity index (χ2n) is 4.78. The predicted octanol–water partition coefficient (Wildman–Crippen LogP) is 1.90.